The molecule has 38 heavy (non-hydrogen) atoms. The molecule has 0 saturated heterocycles. The highest BCUT2D eigenvalue weighted by molar-refractivity contribution is 7.99. The van der Waals surface area contributed by atoms with Gasteiger partial charge >= 0.3 is 11.9 Å². The lowest BCUT2D eigenvalue weighted by atomic mass is 10.1. The van der Waals surface area contributed by atoms with Crippen molar-refractivity contribution in [1.82, 2.24) is 14.8 Å². The first-order chi connectivity index (χ1) is 18.2. The second-order valence-corrected chi connectivity index (χ2v) is 10.5. The molecule has 3 aromatic rings. The van der Waals surface area contributed by atoms with Crippen molar-refractivity contribution in [2.24, 2.45) is 5.92 Å². The maximum atomic E-state index is 12.8. The number of amides is 1. The molecule has 1 N–H and O–H groups in total. The lowest BCUT2D eigenvalue weighted by Crippen LogP contribution is -2.16. The molecule has 3 rings (SSSR count). The largest absolute Gasteiger partial charge is 0.493 e. The fourth-order valence-electron chi connectivity index (χ4n) is 3.40. The van der Waals surface area contributed by atoms with Gasteiger partial charge in [0, 0.05) is 12.1 Å². The molecule has 0 spiro atoms. The Morgan fingerprint density at radius 3 is 2.42 bits per heavy atom. The van der Waals surface area contributed by atoms with Crippen LogP contribution in [0.2, 0.25) is 0 Å². The van der Waals surface area contributed by atoms with Crippen LogP contribution in [0, 0.1) is 12.8 Å². The van der Waals surface area contributed by atoms with Crippen LogP contribution in [0.25, 0.3) is 11.4 Å². The number of ether oxygens (including phenoxy) is 3. The number of nitrogens with one attached hydrogen (secondary N) is 1. The monoisotopic (exact) mass is 558 g/mol. The number of methoxy groups -OCH3 is 2. The number of nitrogens with zero attached hydrogens (tertiary/aromatic N) is 3. The summed E-state index contributed by atoms with van der Waals surface area (Å²) in [5.41, 5.74) is 1.35. The van der Waals surface area contributed by atoms with E-state index in [1.165, 1.54) is 26.0 Å². The first-order valence-corrected chi connectivity index (χ1v) is 13.5. The van der Waals surface area contributed by atoms with Crippen molar-refractivity contribution >= 4 is 45.9 Å². The number of thioether (sulfide) groups is 1. The Morgan fingerprint density at radius 1 is 1.13 bits per heavy atom. The SMILES string of the molecule is C=CCn1c(SCC(=O)Nc2sc(C(=O)OC)c(C)c2C(=O)OC)nnc1-c1ccc(OCC(C)C)cc1. The van der Waals surface area contributed by atoms with Crippen LogP contribution in [-0.4, -0.2) is 59.2 Å². The van der Waals surface area contributed by atoms with Crippen LogP contribution < -0.4 is 10.1 Å². The van der Waals surface area contributed by atoms with Gasteiger partial charge < -0.3 is 19.5 Å². The maximum Gasteiger partial charge on any atom is 0.348 e. The zero-order valence-electron chi connectivity index (χ0n) is 21.9. The number of allylic oxidation sites excluding steroid dienone is 1. The molecule has 0 bridgehead atoms. The predicted molar refractivity (Wildman–Crippen MR) is 147 cm³/mol. The summed E-state index contributed by atoms with van der Waals surface area (Å²) in [6.07, 6.45) is 1.72. The Hall–Kier alpha value is -3.64. The van der Waals surface area contributed by atoms with Gasteiger partial charge in [0.25, 0.3) is 0 Å². The second-order valence-electron chi connectivity index (χ2n) is 8.52. The fourth-order valence-corrected chi connectivity index (χ4v) is 5.27. The fraction of sp³-hybridized carbons (Fsp3) is 0.346. The van der Waals surface area contributed by atoms with E-state index in [1.807, 2.05) is 28.8 Å². The molecule has 0 fully saturated rings. The third-order valence-corrected chi connectivity index (χ3v) is 7.37. The minimum absolute atomic E-state index is 0.0115. The molecule has 1 amide bonds. The van der Waals surface area contributed by atoms with Crippen molar-refractivity contribution in [2.45, 2.75) is 32.5 Å². The number of esters is 2. The molecule has 202 valence electrons. The van der Waals surface area contributed by atoms with Crippen molar-refractivity contribution in [2.75, 3.05) is 31.9 Å². The molecule has 0 atom stereocenters. The molecule has 2 aromatic heterocycles. The molecule has 0 unspecified atom stereocenters. The van der Waals surface area contributed by atoms with Crippen LogP contribution in [0.1, 0.15) is 39.4 Å². The van der Waals surface area contributed by atoms with Gasteiger partial charge in [0.05, 0.1) is 32.1 Å². The van der Waals surface area contributed by atoms with Gasteiger partial charge in [-0.15, -0.1) is 28.1 Å². The first kappa shape index (κ1) is 28.9. The van der Waals surface area contributed by atoms with Crippen molar-refractivity contribution in [3.05, 3.63) is 52.9 Å². The maximum absolute atomic E-state index is 12.8. The highest BCUT2D eigenvalue weighted by Gasteiger charge is 2.27. The highest BCUT2D eigenvalue weighted by Crippen LogP contribution is 2.34. The molecule has 12 heteroatoms. The number of thiophene rings is 1. The summed E-state index contributed by atoms with van der Waals surface area (Å²) in [6, 6.07) is 7.59. The highest BCUT2D eigenvalue weighted by atomic mass is 32.2. The van der Waals surface area contributed by atoms with Gasteiger partial charge in [-0.3, -0.25) is 9.36 Å². The van der Waals surface area contributed by atoms with Gasteiger partial charge in [0.1, 0.15) is 15.6 Å². The molecule has 2 heterocycles. The van der Waals surface area contributed by atoms with Gasteiger partial charge in [-0.05, 0) is 42.7 Å². The summed E-state index contributed by atoms with van der Waals surface area (Å²) in [7, 11) is 2.48. The standard InChI is InChI=1S/C26H30N4O6S2/c1-7-12-30-22(17-8-10-18(11-9-17)36-13-15(2)3)28-29-26(30)37-14-19(31)27-23-20(24(32)34-5)16(4)21(38-23)25(33)35-6/h7-11,15H,1,12-14H2,2-6H3,(H,27,31). The number of hydrogen-bond donors (Lipinski definition) is 1. The molecular weight excluding hydrogens is 528 g/mol. The number of benzene rings is 1. The van der Waals surface area contributed by atoms with Gasteiger partial charge in [0.2, 0.25) is 5.91 Å². The van der Waals surface area contributed by atoms with E-state index < -0.39 is 11.9 Å². The molecular formula is C26H30N4O6S2. The van der Waals surface area contributed by atoms with Gasteiger partial charge in [0.15, 0.2) is 11.0 Å². The minimum Gasteiger partial charge on any atom is -0.493 e. The molecule has 10 nitrogen and oxygen atoms in total. The summed E-state index contributed by atoms with van der Waals surface area (Å²) < 4.78 is 17.2. The number of hydrogen-bond acceptors (Lipinski definition) is 10. The lowest BCUT2D eigenvalue weighted by Gasteiger charge is -2.10. The van der Waals surface area contributed by atoms with Crippen LogP contribution in [0.15, 0.2) is 42.1 Å². The average molecular weight is 559 g/mol. The summed E-state index contributed by atoms with van der Waals surface area (Å²) in [5.74, 6) is 0.168. The zero-order valence-corrected chi connectivity index (χ0v) is 23.5. The Bertz CT molecular complexity index is 1310. The molecule has 0 saturated carbocycles. The van der Waals surface area contributed by atoms with Crippen LogP contribution >= 0.6 is 23.1 Å². The molecule has 0 aliphatic heterocycles. The van der Waals surface area contributed by atoms with E-state index in [9.17, 15) is 14.4 Å². The summed E-state index contributed by atoms with van der Waals surface area (Å²) >= 11 is 2.15. The van der Waals surface area contributed by atoms with Crippen molar-refractivity contribution in [3.63, 3.8) is 0 Å². The molecule has 1 aromatic carbocycles. The van der Waals surface area contributed by atoms with E-state index in [1.54, 1.807) is 13.0 Å². The number of carbonyl (C=O) groups excluding carboxylic acids is 3. The summed E-state index contributed by atoms with van der Waals surface area (Å²) in [6.45, 7) is 10.7. The van der Waals surface area contributed by atoms with E-state index >= 15 is 0 Å². The summed E-state index contributed by atoms with van der Waals surface area (Å²) in [4.78, 5) is 37.4. The van der Waals surface area contributed by atoms with Gasteiger partial charge in [-0.25, -0.2) is 9.59 Å². The first-order valence-electron chi connectivity index (χ1n) is 11.7. The van der Waals surface area contributed by atoms with Gasteiger partial charge in [-0.1, -0.05) is 31.7 Å². The third kappa shape index (κ3) is 6.81. The Labute approximate surface area is 229 Å². The lowest BCUT2D eigenvalue weighted by molar-refractivity contribution is -0.113. The number of carbonyl (C=O) groups is 3. The Kier molecular flexibility index (Phi) is 10.1. The average Bonchev–Trinajstić information content (AvgIpc) is 3.46. The third-order valence-electron chi connectivity index (χ3n) is 5.22. The van der Waals surface area contributed by atoms with Gasteiger partial charge in [-0.2, -0.15) is 0 Å². The Morgan fingerprint density at radius 2 is 1.82 bits per heavy atom. The van der Waals surface area contributed by atoms with E-state index in [-0.39, 0.29) is 27.1 Å². The predicted octanol–water partition coefficient (Wildman–Crippen LogP) is 4.84. The van der Waals surface area contributed by atoms with Crippen molar-refractivity contribution < 1.29 is 28.6 Å². The number of anilines is 1. The van der Waals surface area contributed by atoms with Crippen LogP contribution in [0.5, 0.6) is 5.75 Å². The van der Waals surface area contributed by atoms with E-state index in [0.29, 0.717) is 35.6 Å². The Balaban J connectivity index is 1.75. The van der Waals surface area contributed by atoms with Crippen molar-refractivity contribution in [3.8, 4) is 17.1 Å². The molecule has 0 aliphatic rings. The number of rotatable bonds is 12. The minimum atomic E-state index is -0.659. The van der Waals surface area contributed by atoms with Crippen molar-refractivity contribution in [1.29, 1.82) is 0 Å². The van der Waals surface area contributed by atoms with Crippen LogP contribution in [0.4, 0.5) is 5.00 Å². The number of aromatic nitrogens is 3. The second kappa shape index (κ2) is 13.2. The smallest absolute Gasteiger partial charge is 0.348 e. The van der Waals surface area contributed by atoms with E-state index in [4.69, 9.17) is 14.2 Å². The van der Waals surface area contributed by atoms with Crippen LogP contribution in [-0.2, 0) is 20.8 Å². The molecule has 0 radical (unpaired) electrons. The van der Waals surface area contributed by atoms with E-state index in [2.05, 4.69) is 35.9 Å². The molecule has 0 aliphatic carbocycles. The normalized spacial score (nSPS) is 10.8. The summed E-state index contributed by atoms with van der Waals surface area (Å²) in [5, 5.41) is 12.0. The van der Waals surface area contributed by atoms with E-state index in [0.717, 1.165) is 22.6 Å². The zero-order chi connectivity index (χ0) is 27.8. The topological polar surface area (TPSA) is 122 Å². The van der Waals surface area contributed by atoms with Crippen LogP contribution in [0.3, 0.4) is 0 Å². The quantitative estimate of drug-likeness (QED) is 0.189.